The summed E-state index contributed by atoms with van der Waals surface area (Å²) in [6, 6.07) is 7.92. The Morgan fingerprint density at radius 3 is 2.65 bits per heavy atom. The molecular weight excluding hydrogens is 272 g/mol. The molecule has 0 amide bonds. The first-order chi connectivity index (χ1) is 9.25. The summed E-state index contributed by atoms with van der Waals surface area (Å²) in [5, 5.41) is 11.7. The SMILES string of the molecule is Cl.N[C@@H](c1ccc2cc[nH]c2c1)[C@H](O)C1CCCCC1. The molecule has 3 nitrogen and oxygen atoms in total. The number of aliphatic hydroxyl groups excluding tert-OH is 1. The third kappa shape index (κ3) is 3.00. The molecule has 1 heterocycles. The van der Waals surface area contributed by atoms with Gasteiger partial charge >= 0.3 is 0 Å². The number of nitrogens with two attached hydrogens (primary N) is 1. The molecular formula is C16H23ClN2O. The Morgan fingerprint density at radius 1 is 1.15 bits per heavy atom. The number of hydrogen-bond acceptors (Lipinski definition) is 2. The molecule has 2 atom stereocenters. The third-order valence-corrected chi connectivity index (χ3v) is 4.46. The molecule has 3 rings (SSSR count). The van der Waals surface area contributed by atoms with E-state index in [1.54, 1.807) is 0 Å². The number of rotatable bonds is 3. The molecule has 4 N–H and O–H groups in total. The highest BCUT2D eigenvalue weighted by Gasteiger charge is 2.27. The average Bonchev–Trinajstić information content (AvgIpc) is 2.94. The van der Waals surface area contributed by atoms with Crippen LogP contribution in [0.2, 0.25) is 0 Å². The topological polar surface area (TPSA) is 62.0 Å². The van der Waals surface area contributed by atoms with E-state index in [0.717, 1.165) is 23.9 Å². The van der Waals surface area contributed by atoms with Crippen LogP contribution < -0.4 is 5.73 Å². The van der Waals surface area contributed by atoms with E-state index in [1.165, 1.54) is 24.6 Å². The van der Waals surface area contributed by atoms with Crippen molar-refractivity contribution in [3.05, 3.63) is 36.0 Å². The fourth-order valence-corrected chi connectivity index (χ4v) is 3.24. The van der Waals surface area contributed by atoms with Crippen LogP contribution in [0.25, 0.3) is 10.9 Å². The number of aromatic amines is 1. The van der Waals surface area contributed by atoms with Crippen molar-refractivity contribution < 1.29 is 5.11 Å². The van der Waals surface area contributed by atoms with Crippen LogP contribution in [0.3, 0.4) is 0 Å². The fourth-order valence-electron chi connectivity index (χ4n) is 3.24. The van der Waals surface area contributed by atoms with Crippen LogP contribution in [0.4, 0.5) is 0 Å². The Labute approximate surface area is 126 Å². The summed E-state index contributed by atoms with van der Waals surface area (Å²) >= 11 is 0. The smallest absolute Gasteiger partial charge is 0.0760 e. The van der Waals surface area contributed by atoms with Crippen LogP contribution in [-0.4, -0.2) is 16.2 Å². The van der Waals surface area contributed by atoms with E-state index < -0.39 is 6.10 Å². The first-order valence-corrected chi connectivity index (χ1v) is 7.26. The van der Waals surface area contributed by atoms with Gasteiger partial charge in [0.25, 0.3) is 0 Å². The van der Waals surface area contributed by atoms with E-state index in [9.17, 15) is 5.11 Å². The number of hydrogen-bond donors (Lipinski definition) is 3. The summed E-state index contributed by atoms with van der Waals surface area (Å²) in [7, 11) is 0. The highest BCUT2D eigenvalue weighted by atomic mass is 35.5. The minimum Gasteiger partial charge on any atom is -0.391 e. The average molecular weight is 295 g/mol. The van der Waals surface area contributed by atoms with Gasteiger partial charge in [-0.2, -0.15) is 0 Å². The Kier molecular flexibility index (Phi) is 5.08. The van der Waals surface area contributed by atoms with Gasteiger partial charge < -0.3 is 15.8 Å². The van der Waals surface area contributed by atoms with Gasteiger partial charge in [-0.25, -0.2) is 0 Å². The van der Waals surface area contributed by atoms with Gasteiger partial charge in [-0.1, -0.05) is 31.4 Å². The van der Waals surface area contributed by atoms with Crippen molar-refractivity contribution in [3.8, 4) is 0 Å². The van der Waals surface area contributed by atoms with E-state index in [-0.39, 0.29) is 18.4 Å². The molecule has 1 aromatic carbocycles. The van der Waals surface area contributed by atoms with Crippen molar-refractivity contribution in [1.82, 2.24) is 4.98 Å². The predicted octanol–water partition coefficient (Wildman–Crippen LogP) is 3.53. The van der Waals surface area contributed by atoms with Crippen molar-refractivity contribution in [2.45, 2.75) is 44.2 Å². The zero-order chi connectivity index (χ0) is 13.2. The van der Waals surface area contributed by atoms with Gasteiger partial charge in [0.05, 0.1) is 12.1 Å². The van der Waals surface area contributed by atoms with Gasteiger partial charge in [0.1, 0.15) is 0 Å². The molecule has 110 valence electrons. The zero-order valence-corrected chi connectivity index (χ0v) is 12.4. The lowest BCUT2D eigenvalue weighted by atomic mass is 9.81. The molecule has 2 aromatic rings. The van der Waals surface area contributed by atoms with E-state index in [1.807, 2.05) is 18.3 Å². The molecule has 0 saturated heterocycles. The number of halogens is 1. The first kappa shape index (κ1) is 15.4. The lowest BCUT2D eigenvalue weighted by Crippen LogP contribution is -2.34. The maximum Gasteiger partial charge on any atom is 0.0760 e. The Morgan fingerprint density at radius 2 is 1.90 bits per heavy atom. The van der Waals surface area contributed by atoms with E-state index in [0.29, 0.717) is 5.92 Å². The van der Waals surface area contributed by atoms with Crippen molar-refractivity contribution in [2.75, 3.05) is 0 Å². The van der Waals surface area contributed by atoms with Crippen LogP contribution in [0.1, 0.15) is 43.7 Å². The summed E-state index contributed by atoms with van der Waals surface area (Å²) in [6.45, 7) is 0. The minimum absolute atomic E-state index is 0. The predicted molar refractivity (Wildman–Crippen MR) is 85.1 cm³/mol. The van der Waals surface area contributed by atoms with Crippen molar-refractivity contribution in [1.29, 1.82) is 0 Å². The normalized spacial score (nSPS) is 19.5. The minimum atomic E-state index is -0.423. The van der Waals surface area contributed by atoms with Crippen LogP contribution in [-0.2, 0) is 0 Å². The largest absolute Gasteiger partial charge is 0.391 e. The molecule has 1 saturated carbocycles. The van der Waals surface area contributed by atoms with Gasteiger partial charge in [0.2, 0.25) is 0 Å². The Hall–Kier alpha value is -1.03. The van der Waals surface area contributed by atoms with Crippen LogP contribution in [0, 0.1) is 5.92 Å². The van der Waals surface area contributed by atoms with Crippen molar-refractivity contribution in [2.24, 2.45) is 11.7 Å². The van der Waals surface area contributed by atoms with Gasteiger partial charge in [-0.05, 0) is 41.8 Å². The maximum atomic E-state index is 10.5. The zero-order valence-electron chi connectivity index (χ0n) is 11.6. The molecule has 20 heavy (non-hydrogen) atoms. The number of aliphatic hydroxyl groups is 1. The number of aromatic nitrogens is 1. The number of nitrogens with one attached hydrogen (secondary N) is 1. The Bertz CT molecular complexity index is 548. The van der Waals surface area contributed by atoms with Crippen molar-refractivity contribution in [3.63, 3.8) is 0 Å². The second-order valence-corrected chi connectivity index (χ2v) is 5.74. The molecule has 1 aliphatic carbocycles. The standard InChI is InChI=1S/C16H22N2O.ClH/c17-15(16(19)12-4-2-1-3-5-12)13-7-6-11-8-9-18-14(11)10-13;/h6-10,12,15-16,18-19H,1-5,17H2;1H/t15-,16+;/m0./s1. The molecule has 0 unspecified atom stereocenters. The molecule has 1 aliphatic rings. The summed E-state index contributed by atoms with van der Waals surface area (Å²) in [4.78, 5) is 3.20. The number of fused-ring (bicyclic) bond motifs is 1. The summed E-state index contributed by atoms with van der Waals surface area (Å²) in [5.41, 5.74) is 8.37. The van der Waals surface area contributed by atoms with Gasteiger partial charge in [0, 0.05) is 11.7 Å². The fraction of sp³-hybridized carbons (Fsp3) is 0.500. The van der Waals surface area contributed by atoms with Gasteiger partial charge in [-0.15, -0.1) is 12.4 Å². The maximum absolute atomic E-state index is 10.5. The van der Waals surface area contributed by atoms with Crippen LogP contribution in [0.15, 0.2) is 30.5 Å². The third-order valence-electron chi connectivity index (χ3n) is 4.46. The van der Waals surface area contributed by atoms with Gasteiger partial charge in [0.15, 0.2) is 0 Å². The highest BCUT2D eigenvalue weighted by molar-refractivity contribution is 5.85. The lowest BCUT2D eigenvalue weighted by Gasteiger charge is -2.30. The van der Waals surface area contributed by atoms with E-state index >= 15 is 0 Å². The summed E-state index contributed by atoms with van der Waals surface area (Å²) in [6.07, 6.45) is 7.48. The van der Waals surface area contributed by atoms with E-state index in [2.05, 4.69) is 17.1 Å². The highest BCUT2D eigenvalue weighted by Crippen LogP contribution is 2.32. The van der Waals surface area contributed by atoms with Gasteiger partial charge in [-0.3, -0.25) is 0 Å². The van der Waals surface area contributed by atoms with Crippen LogP contribution >= 0.6 is 12.4 Å². The second kappa shape index (κ2) is 6.61. The first-order valence-electron chi connectivity index (χ1n) is 7.26. The number of benzene rings is 1. The molecule has 0 spiro atoms. The lowest BCUT2D eigenvalue weighted by molar-refractivity contribution is 0.0618. The molecule has 0 bridgehead atoms. The molecule has 1 aromatic heterocycles. The summed E-state index contributed by atoms with van der Waals surface area (Å²) < 4.78 is 0. The van der Waals surface area contributed by atoms with E-state index in [4.69, 9.17) is 5.73 Å². The Balaban J connectivity index is 0.00000147. The molecule has 0 aliphatic heterocycles. The molecule has 1 fully saturated rings. The molecule has 4 heteroatoms. The quantitative estimate of drug-likeness (QED) is 0.811. The summed E-state index contributed by atoms with van der Waals surface area (Å²) in [5.74, 6) is 0.364. The second-order valence-electron chi connectivity index (χ2n) is 5.74. The monoisotopic (exact) mass is 294 g/mol. The number of H-pyrrole nitrogens is 1. The van der Waals surface area contributed by atoms with Crippen molar-refractivity contribution >= 4 is 23.3 Å². The molecule has 0 radical (unpaired) electrons. The van der Waals surface area contributed by atoms with Crippen LogP contribution in [0.5, 0.6) is 0 Å².